The van der Waals surface area contributed by atoms with Crippen LogP contribution in [0.3, 0.4) is 0 Å². The van der Waals surface area contributed by atoms with E-state index in [2.05, 4.69) is 43.0 Å². The summed E-state index contributed by atoms with van der Waals surface area (Å²) < 4.78 is 0. The lowest BCUT2D eigenvalue weighted by atomic mass is 10.1. The third kappa shape index (κ3) is 1.84. The van der Waals surface area contributed by atoms with E-state index in [1.54, 1.807) is 0 Å². The molecule has 1 heterocycles. The SMILES string of the molecule is Cc1cc(C)cc(N2Cc3cccc(N)c3C2)c1. The number of anilines is 2. The van der Waals surface area contributed by atoms with Crippen LogP contribution in [0.5, 0.6) is 0 Å². The molecule has 92 valence electrons. The van der Waals surface area contributed by atoms with Crippen LogP contribution in [-0.2, 0) is 13.1 Å². The molecule has 0 spiro atoms. The Kier molecular flexibility index (Phi) is 2.51. The molecule has 0 aliphatic carbocycles. The summed E-state index contributed by atoms with van der Waals surface area (Å²) in [4.78, 5) is 2.39. The highest BCUT2D eigenvalue weighted by molar-refractivity contribution is 5.60. The zero-order chi connectivity index (χ0) is 12.7. The fourth-order valence-electron chi connectivity index (χ4n) is 2.76. The van der Waals surface area contributed by atoms with Crippen LogP contribution < -0.4 is 10.6 Å². The third-order valence-corrected chi connectivity index (χ3v) is 3.59. The Hall–Kier alpha value is -1.96. The van der Waals surface area contributed by atoms with Gasteiger partial charge in [0.2, 0.25) is 0 Å². The summed E-state index contributed by atoms with van der Waals surface area (Å²) in [7, 11) is 0. The molecule has 2 heteroatoms. The molecule has 0 fully saturated rings. The van der Waals surface area contributed by atoms with Gasteiger partial charge in [-0.2, -0.15) is 0 Å². The normalized spacial score (nSPS) is 13.8. The number of nitrogens with two attached hydrogens (primary N) is 1. The lowest BCUT2D eigenvalue weighted by Gasteiger charge is -2.19. The molecule has 0 saturated heterocycles. The maximum atomic E-state index is 6.05. The highest BCUT2D eigenvalue weighted by atomic mass is 15.1. The topological polar surface area (TPSA) is 29.3 Å². The van der Waals surface area contributed by atoms with Crippen molar-refractivity contribution in [3.05, 3.63) is 58.7 Å². The van der Waals surface area contributed by atoms with Crippen LogP contribution in [0.25, 0.3) is 0 Å². The number of nitrogen functional groups attached to an aromatic ring is 1. The second-order valence-electron chi connectivity index (χ2n) is 5.19. The van der Waals surface area contributed by atoms with Crippen LogP contribution in [0.4, 0.5) is 11.4 Å². The quantitative estimate of drug-likeness (QED) is 0.771. The Bertz CT molecular complexity index is 582. The van der Waals surface area contributed by atoms with Crippen molar-refractivity contribution in [2.45, 2.75) is 26.9 Å². The van der Waals surface area contributed by atoms with Crippen molar-refractivity contribution in [2.24, 2.45) is 0 Å². The first-order valence-electron chi connectivity index (χ1n) is 6.33. The van der Waals surface area contributed by atoms with Gasteiger partial charge in [-0.1, -0.05) is 18.2 Å². The van der Waals surface area contributed by atoms with Gasteiger partial charge in [0.15, 0.2) is 0 Å². The highest BCUT2D eigenvalue weighted by Crippen LogP contribution is 2.32. The number of hydrogen-bond donors (Lipinski definition) is 1. The van der Waals surface area contributed by atoms with E-state index in [1.807, 2.05) is 12.1 Å². The molecule has 0 radical (unpaired) electrons. The molecule has 2 aromatic rings. The Morgan fingerprint density at radius 2 is 1.72 bits per heavy atom. The van der Waals surface area contributed by atoms with E-state index in [9.17, 15) is 0 Å². The minimum atomic E-state index is 0.916. The van der Waals surface area contributed by atoms with Gasteiger partial charge in [0.05, 0.1) is 0 Å². The Morgan fingerprint density at radius 3 is 2.39 bits per heavy atom. The van der Waals surface area contributed by atoms with E-state index >= 15 is 0 Å². The molecule has 0 bridgehead atoms. The average Bonchev–Trinajstić information content (AvgIpc) is 2.73. The maximum absolute atomic E-state index is 6.05. The maximum Gasteiger partial charge on any atom is 0.0457 e. The van der Waals surface area contributed by atoms with E-state index in [0.717, 1.165) is 18.8 Å². The van der Waals surface area contributed by atoms with Crippen molar-refractivity contribution in [2.75, 3.05) is 10.6 Å². The number of rotatable bonds is 1. The Balaban J connectivity index is 1.96. The lowest BCUT2D eigenvalue weighted by Crippen LogP contribution is -2.14. The molecule has 18 heavy (non-hydrogen) atoms. The number of fused-ring (bicyclic) bond motifs is 1. The van der Waals surface area contributed by atoms with Crippen LogP contribution in [0, 0.1) is 13.8 Å². The molecule has 1 aliphatic heterocycles. The predicted molar refractivity (Wildman–Crippen MR) is 76.7 cm³/mol. The van der Waals surface area contributed by atoms with Crippen LogP contribution in [0.1, 0.15) is 22.3 Å². The molecule has 0 saturated carbocycles. The zero-order valence-electron chi connectivity index (χ0n) is 10.9. The van der Waals surface area contributed by atoms with Gasteiger partial charge in [-0.25, -0.2) is 0 Å². The molecule has 1 aliphatic rings. The van der Waals surface area contributed by atoms with Crippen molar-refractivity contribution in [3.63, 3.8) is 0 Å². The van der Waals surface area contributed by atoms with Gasteiger partial charge < -0.3 is 10.6 Å². The van der Waals surface area contributed by atoms with Crippen LogP contribution in [0.2, 0.25) is 0 Å². The summed E-state index contributed by atoms with van der Waals surface area (Å²) in [5.41, 5.74) is 13.5. The molecule has 0 aromatic heterocycles. The average molecular weight is 238 g/mol. The largest absolute Gasteiger partial charge is 0.398 e. The van der Waals surface area contributed by atoms with Gasteiger partial charge in [0.25, 0.3) is 0 Å². The number of hydrogen-bond acceptors (Lipinski definition) is 2. The predicted octanol–water partition coefficient (Wildman–Crippen LogP) is 3.41. The van der Waals surface area contributed by atoms with Gasteiger partial charge in [0, 0.05) is 24.5 Å². The summed E-state index contributed by atoms with van der Waals surface area (Å²) in [5.74, 6) is 0. The summed E-state index contributed by atoms with van der Waals surface area (Å²) in [5, 5.41) is 0. The van der Waals surface area contributed by atoms with E-state index in [-0.39, 0.29) is 0 Å². The van der Waals surface area contributed by atoms with Gasteiger partial charge in [-0.15, -0.1) is 0 Å². The van der Waals surface area contributed by atoms with E-state index in [1.165, 1.54) is 27.9 Å². The first kappa shape index (κ1) is 11.1. The highest BCUT2D eigenvalue weighted by Gasteiger charge is 2.21. The second-order valence-corrected chi connectivity index (χ2v) is 5.19. The van der Waals surface area contributed by atoms with Crippen LogP contribution in [0.15, 0.2) is 36.4 Å². The van der Waals surface area contributed by atoms with Crippen molar-refractivity contribution < 1.29 is 0 Å². The standard InChI is InChI=1S/C16H18N2/c1-11-6-12(2)8-14(7-11)18-9-13-4-3-5-16(17)15(13)10-18/h3-8H,9-10,17H2,1-2H3. The molecule has 0 atom stereocenters. The Labute approximate surface area is 108 Å². The van der Waals surface area contributed by atoms with Crippen molar-refractivity contribution >= 4 is 11.4 Å². The molecule has 3 rings (SSSR count). The van der Waals surface area contributed by atoms with Crippen LogP contribution in [-0.4, -0.2) is 0 Å². The summed E-state index contributed by atoms with van der Waals surface area (Å²) in [6.07, 6.45) is 0. The number of nitrogens with zero attached hydrogens (tertiary/aromatic N) is 1. The Morgan fingerprint density at radius 1 is 1.00 bits per heavy atom. The number of benzene rings is 2. The second kappa shape index (κ2) is 4.05. The molecular weight excluding hydrogens is 220 g/mol. The van der Waals surface area contributed by atoms with Crippen molar-refractivity contribution in [3.8, 4) is 0 Å². The minimum absolute atomic E-state index is 0.916. The van der Waals surface area contributed by atoms with E-state index in [4.69, 9.17) is 5.73 Å². The summed E-state index contributed by atoms with van der Waals surface area (Å²) >= 11 is 0. The first-order valence-corrected chi connectivity index (χ1v) is 6.33. The van der Waals surface area contributed by atoms with Crippen molar-refractivity contribution in [1.82, 2.24) is 0 Å². The van der Waals surface area contributed by atoms with Crippen LogP contribution >= 0.6 is 0 Å². The molecule has 2 aromatic carbocycles. The molecule has 0 unspecified atom stereocenters. The van der Waals surface area contributed by atoms with E-state index in [0.29, 0.717) is 0 Å². The number of aryl methyl sites for hydroxylation is 2. The van der Waals surface area contributed by atoms with Gasteiger partial charge in [-0.05, 0) is 54.3 Å². The third-order valence-electron chi connectivity index (χ3n) is 3.59. The molecule has 0 amide bonds. The molecule has 2 N–H and O–H groups in total. The fraction of sp³-hybridized carbons (Fsp3) is 0.250. The lowest BCUT2D eigenvalue weighted by molar-refractivity contribution is 0.879. The molecule has 2 nitrogen and oxygen atoms in total. The fourth-order valence-corrected chi connectivity index (χ4v) is 2.76. The summed E-state index contributed by atoms with van der Waals surface area (Å²) in [6, 6.07) is 12.9. The smallest absolute Gasteiger partial charge is 0.0457 e. The minimum Gasteiger partial charge on any atom is -0.398 e. The monoisotopic (exact) mass is 238 g/mol. The first-order chi connectivity index (χ1) is 8.63. The van der Waals surface area contributed by atoms with Crippen molar-refractivity contribution in [1.29, 1.82) is 0 Å². The van der Waals surface area contributed by atoms with Gasteiger partial charge in [0.1, 0.15) is 0 Å². The molecular formula is C16H18N2. The summed E-state index contributed by atoms with van der Waals surface area (Å²) in [6.45, 7) is 6.18. The zero-order valence-corrected chi connectivity index (χ0v) is 10.9. The van der Waals surface area contributed by atoms with Gasteiger partial charge in [-0.3, -0.25) is 0 Å². The van der Waals surface area contributed by atoms with Gasteiger partial charge >= 0.3 is 0 Å². The van der Waals surface area contributed by atoms with E-state index < -0.39 is 0 Å².